The van der Waals surface area contributed by atoms with Gasteiger partial charge in [0.2, 0.25) is 0 Å². The predicted octanol–water partition coefficient (Wildman–Crippen LogP) is 2.01. The molecule has 1 aliphatic rings. The molecule has 0 unspecified atom stereocenters. The fourth-order valence-corrected chi connectivity index (χ4v) is 1.41. The van der Waals surface area contributed by atoms with Crippen molar-refractivity contribution in [3.63, 3.8) is 0 Å². The third-order valence-electron chi connectivity index (χ3n) is 2.04. The lowest BCUT2D eigenvalue weighted by Gasteiger charge is -2.19. The molecule has 0 radical (unpaired) electrons. The molecule has 1 rings (SSSR count). The average Bonchev–Trinajstić information content (AvgIpc) is 2.27. The highest BCUT2D eigenvalue weighted by atomic mass is 16.6. The van der Waals surface area contributed by atoms with E-state index in [1.165, 1.54) is 0 Å². The highest BCUT2D eigenvalue weighted by Gasteiger charge is 2.30. The summed E-state index contributed by atoms with van der Waals surface area (Å²) in [4.78, 5) is 22.9. The van der Waals surface area contributed by atoms with E-state index >= 15 is 0 Å². The highest BCUT2D eigenvalue weighted by molar-refractivity contribution is 6.19. The molecule has 0 bridgehead atoms. The Kier molecular flexibility index (Phi) is 2.79. The van der Waals surface area contributed by atoms with E-state index in [4.69, 9.17) is 4.74 Å². The number of allylic oxidation sites excluding steroid dienone is 1. The monoisotopic (exact) mass is 196 g/mol. The SMILES string of the molecule is CC1=C(C(=O)OC(C)(C)C)C(=O)CC1. The summed E-state index contributed by atoms with van der Waals surface area (Å²) in [6.07, 6.45) is 1.13. The maximum Gasteiger partial charge on any atom is 0.342 e. The predicted molar refractivity (Wildman–Crippen MR) is 52.8 cm³/mol. The van der Waals surface area contributed by atoms with Gasteiger partial charge in [-0.3, -0.25) is 4.79 Å². The van der Waals surface area contributed by atoms with E-state index in [1.54, 1.807) is 20.8 Å². The minimum absolute atomic E-state index is 0.0863. The van der Waals surface area contributed by atoms with Crippen LogP contribution in [0.4, 0.5) is 0 Å². The van der Waals surface area contributed by atoms with Gasteiger partial charge in [-0.2, -0.15) is 0 Å². The van der Waals surface area contributed by atoms with Gasteiger partial charge in [-0.25, -0.2) is 4.79 Å². The Balaban J connectivity index is 2.80. The molecule has 14 heavy (non-hydrogen) atoms. The molecule has 3 nitrogen and oxygen atoms in total. The maximum absolute atomic E-state index is 11.6. The first-order chi connectivity index (χ1) is 6.31. The fourth-order valence-electron chi connectivity index (χ4n) is 1.41. The largest absolute Gasteiger partial charge is 0.456 e. The number of esters is 1. The molecule has 0 aromatic heterocycles. The lowest BCUT2D eigenvalue weighted by atomic mass is 10.1. The Labute approximate surface area is 84.1 Å². The van der Waals surface area contributed by atoms with Crippen molar-refractivity contribution in [1.29, 1.82) is 0 Å². The first-order valence-corrected chi connectivity index (χ1v) is 4.77. The van der Waals surface area contributed by atoms with Crippen molar-refractivity contribution in [2.75, 3.05) is 0 Å². The second-order valence-electron chi connectivity index (χ2n) is 4.58. The van der Waals surface area contributed by atoms with Crippen LogP contribution in [0.3, 0.4) is 0 Å². The summed E-state index contributed by atoms with van der Waals surface area (Å²) in [5, 5.41) is 0. The van der Waals surface area contributed by atoms with E-state index in [1.807, 2.05) is 6.92 Å². The molecule has 0 saturated carbocycles. The summed E-state index contributed by atoms with van der Waals surface area (Å²) in [7, 11) is 0. The molecule has 0 saturated heterocycles. The van der Waals surface area contributed by atoms with Crippen molar-refractivity contribution in [3.8, 4) is 0 Å². The molecule has 0 fully saturated rings. The second kappa shape index (κ2) is 3.56. The Morgan fingerprint density at radius 2 is 1.86 bits per heavy atom. The Morgan fingerprint density at radius 1 is 1.29 bits per heavy atom. The van der Waals surface area contributed by atoms with E-state index in [0.717, 1.165) is 5.57 Å². The molecule has 0 heterocycles. The van der Waals surface area contributed by atoms with E-state index in [2.05, 4.69) is 0 Å². The van der Waals surface area contributed by atoms with Crippen molar-refractivity contribution in [2.24, 2.45) is 0 Å². The van der Waals surface area contributed by atoms with Crippen molar-refractivity contribution >= 4 is 11.8 Å². The quantitative estimate of drug-likeness (QED) is 0.476. The topological polar surface area (TPSA) is 43.4 Å². The summed E-state index contributed by atoms with van der Waals surface area (Å²) in [6.45, 7) is 7.19. The molecular weight excluding hydrogens is 180 g/mol. The third kappa shape index (κ3) is 2.44. The van der Waals surface area contributed by atoms with Crippen LogP contribution in [0.25, 0.3) is 0 Å². The van der Waals surface area contributed by atoms with Gasteiger partial charge in [0.05, 0.1) is 0 Å². The summed E-state index contributed by atoms with van der Waals surface area (Å²) in [5.74, 6) is -0.561. The van der Waals surface area contributed by atoms with Crippen LogP contribution in [0.2, 0.25) is 0 Å². The van der Waals surface area contributed by atoms with Crippen molar-refractivity contribution < 1.29 is 14.3 Å². The molecule has 0 amide bonds. The number of carbonyl (C=O) groups excluding carboxylic acids is 2. The van der Waals surface area contributed by atoms with Crippen LogP contribution in [0.1, 0.15) is 40.5 Å². The summed E-state index contributed by atoms with van der Waals surface area (Å²) < 4.78 is 5.14. The normalized spacial score (nSPS) is 17.6. The molecule has 0 aromatic carbocycles. The van der Waals surface area contributed by atoms with Gasteiger partial charge in [0.1, 0.15) is 11.2 Å². The molecular formula is C11H16O3. The van der Waals surface area contributed by atoms with Gasteiger partial charge in [0.25, 0.3) is 0 Å². The third-order valence-corrected chi connectivity index (χ3v) is 2.04. The number of ketones is 1. The van der Waals surface area contributed by atoms with Crippen LogP contribution >= 0.6 is 0 Å². The molecule has 78 valence electrons. The van der Waals surface area contributed by atoms with Gasteiger partial charge in [-0.1, -0.05) is 5.57 Å². The number of carbonyl (C=O) groups is 2. The van der Waals surface area contributed by atoms with E-state index < -0.39 is 11.6 Å². The van der Waals surface area contributed by atoms with Crippen molar-refractivity contribution in [2.45, 2.75) is 46.1 Å². The van der Waals surface area contributed by atoms with E-state index in [0.29, 0.717) is 12.8 Å². The number of ether oxygens (including phenoxy) is 1. The maximum atomic E-state index is 11.6. The summed E-state index contributed by atoms with van der Waals surface area (Å²) in [6, 6.07) is 0. The van der Waals surface area contributed by atoms with Crippen LogP contribution in [-0.2, 0) is 14.3 Å². The molecule has 0 aliphatic heterocycles. The van der Waals surface area contributed by atoms with Gasteiger partial charge in [0.15, 0.2) is 5.78 Å². The number of Topliss-reactive ketones (excluding diaryl/α,β-unsaturated/α-hetero) is 1. The van der Waals surface area contributed by atoms with E-state index in [-0.39, 0.29) is 11.4 Å². The van der Waals surface area contributed by atoms with Crippen molar-refractivity contribution in [3.05, 3.63) is 11.1 Å². The van der Waals surface area contributed by atoms with Gasteiger partial charge in [-0.15, -0.1) is 0 Å². The Bertz CT molecular complexity index is 305. The van der Waals surface area contributed by atoms with Crippen LogP contribution in [0.5, 0.6) is 0 Å². The molecule has 0 N–H and O–H groups in total. The second-order valence-corrected chi connectivity index (χ2v) is 4.58. The highest BCUT2D eigenvalue weighted by Crippen LogP contribution is 2.24. The minimum Gasteiger partial charge on any atom is -0.456 e. The van der Waals surface area contributed by atoms with Gasteiger partial charge >= 0.3 is 5.97 Å². The smallest absolute Gasteiger partial charge is 0.342 e. The lowest BCUT2D eigenvalue weighted by Crippen LogP contribution is -2.26. The molecule has 1 aliphatic carbocycles. The Morgan fingerprint density at radius 3 is 2.21 bits per heavy atom. The first kappa shape index (κ1) is 11.0. The van der Waals surface area contributed by atoms with Crippen LogP contribution < -0.4 is 0 Å². The average molecular weight is 196 g/mol. The zero-order chi connectivity index (χ0) is 10.9. The molecule has 0 spiro atoms. The van der Waals surface area contributed by atoms with Gasteiger partial charge < -0.3 is 4.74 Å². The molecule has 0 aromatic rings. The number of rotatable bonds is 1. The van der Waals surface area contributed by atoms with E-state index in [9.17, 15) is 9.59 Å². The van der Waals surface area contributed by atoms with Gasteiger partial charge in [0, 0.05) is 6.42 Å². The molecule has 3 heteroatoms. The Hall–Kier alpha value is -1.12. The summed E-state index contributed by atoms with van der Waals surface area (Å²) >= 11 is 0. The first-order valence-electron chi connectivity index (χ1n) is 4.77. The van der Waals surface area contributed by atoms with Crippen molar-refractivity contribution in [1.82, 2.24) is 0 Å². The number of hydrogen-bond acceptors (Lipinski definition) is 3. The fraction of sp³-hybridized carbons (Fsp3) is 0.636. The zero-order valence-electron chi connectivity index (χ0n) is 9.14. The summed E-state index contributed by atoms with van der Waals surface area (Å²) in [5.41, 5.74) is 0.580. The molecule has 0 atom stereocenters. The zero-order valence-corrected chi connectivity index (χ0v) is 9.14. The number of hydrogen-bond donors (Lipinski definition) is 0. The standard InChI is InChI=1S/C11H16O3/c1-7-5-6-8(12)9(7)10(13)14-11(2,3)4/h5-6H2,1-4H3. The van der Waals surface area contributed by atoms with Gasteiger partial charge in [-0.05, 0) is 34.1 Å². The van der Waals surface area contributed by atoms with Crippen LogP contribution in [-0.4, -0.2) is 17.4 Å². The van der Waals surface area contributed by atoms with Crippen LogP contribution in [0.15, 0.2) is 11.1 Å². The van der Waals surface area contributed by atoms with Crippen LogP contribution in [0, 0.1) is 0 Å². The minimum atomic E-state index is -0.534. The lowest BCUT2D eigenvalue weighted by molar-refractivity contribution is -0.150.